The third-order valence-electron chi connectivity index (χ3n) is 4.02. The lowest BCUT2D eigenvalue weighted by atomic mass is 9.91. The minimum atomic E-state index is -0.379. The molecule has 0 atom stereocenters. The first-order valence-electron chi connectivity index (χ1n) is 7.73. The third-order valence-corrected chi connectivity index (χ3v) is 5.29. The Hall–Kier alpha value is -1.83. The quantitative estimate of drug-likeness (QED) is 0.920. The molecule has 1 amide bonds. The molecule has 1 aromatic carbocycles. The molecule has 2 aromatic rings. The molecule has 1 N–H and O–H groups in total. The van der Waals surface area contributed by atoms with Gasteiger partial charge >= 0.3 is 0 Å². The number of benzene rings is 1. The van der Waals surface area contributed by atoms with Gasteiger partial charge in [0.1, 0.15) is 10.6 Å². The third kappa shape index (κ3) is 3.19. The van der Waals surface area contributed by atoms with Crippen molar-refractivity contribution in [2.24, 2.45) is 0 Å². The maximum absolute atomic E-state index is 12.4. The molecule has 1 fully saturated rings. The highest BCUT2D eigenvalue weighted by Gasteiger charge is 2.40. The number of methoxy groups -OCH3 is 1. The van der Waals surface area contributed by atoms with E-state index in [2.05, 4.69) is 36.3 Å². The van der Waals surface area contributed by atoms with Crippen LogP contribution in [0.25, 0.3) is 0 Å². The van der Waals surface area contributed by atoms with E-state index in [-0.39, 0.29) is 16.9 Å². The summed E-state index contributed by atoms with van der Waals surface area (Å²) in [7, 11) is 1.67. The molecule has 1 aliphatic rings. The number of amides is 1. The standard InChI is InChI=1S/C17H21N3O3S/c1-16(2,3)14-19-20-15(24-14)18-13(21)11-5-7-12(8-6-11)17(22-4)9-23-10-17/h5-8H,9-10H2,1-4H3,(H,18,20,21). The van der Waals surface area contributed by atoms with Gasteiger partial charge in [0.25, 0.3) is 5.91 Å². The maximum atomic E-state index is 12.4. The topological polar surface area (TPSA) is 73.3 Å². The zero-order valence-electron chi connectivity index (χ0n) is 14.3. The van der Waals surface area contributed by atoms with Gasteiger partial charge in [-0.3, -0.25) is 10.1 Å². The number of carbonyl (C=O) groups is 1. The number of hydrogen-bond acceptors (Lipinski definition) is 6. The summed E-state index contributed by atoms with van der Waals surface area (Å²) in [6.07, 6.45) is 0. The molecule has 6 nitrogen and oxygen atoms in total. The Kier molecular flexibility index (Phi) is 4.42. The second-order valence-corrected chi connectivity index (χ2v) is 7.86. The van der Waals surface area contributed by atoms with Gasteiger partial charge in [0.2, 0.25) is 5.13 Å². The molecule has 2 heterocycles. The predicted molar refractivity (Wildman–Crippen MR) is 92.5 cm³/mol. The summed E-state index contributed by atoms with van der Waals surface area (Å²) in [6, 6.07) is 7.38. The van der Waals surface area contributed by atoms with Gasteiger partial charge in [0, 0.05) is 18.1 Å². The van der Waals surface area contributed by atoms with Crippen molar-refractivity contribution in [3.8, 4) is 0 Å². The molecule has 1 aliphatic heterocycles. The predicted octanol–water partition coefficient (Wildman–Crippen LogP) is 2.96. The molecule has 0 saturated carbocycles. The molecule has 0 bridgehead atoms. The van der Waals surface area contributed by atoms with Crippen LogP contribution in [0.5, 0.6) is 0 Å². The molecule has 24 heavy (non-hydrogen) atoms. The van der Waals surface area contributed by atoms with Crippen LogP contribution in [-0.4, -0.2) is 36.4 Å². The Bertz CT molecular complexity index is 725. The number of aromatic nitrogens is 2. The number of ether oxygens (including phenoxy) is 2. The van der Waals surface area contributed by atoms with Crippen LogP contribution in [0, 0.1) is 0 Å². The number of nitrogens with zero attached hydrogens (tertiary/aromatic N) is 2. The molecule has 1 saturated heterocycles. The zero-order valence-corrected chi connectivity index (χ0v) is 15.1. The van der Waals surface area contributed by atoms with E-state index < -0.39 is 0 Å². The average Bonchev–Trinajstić information content (AvgIpc) is 2.96. The Morgan fingerprint density at radius 2 is 1.92 bits per heavy atom. The van der Waals surface area contributed by atoms with Crippen molar-refractivity contribution in [1.82, 2.24) is 10.2 Å². The zero-order chi connectivity index (χ0) is 17.4. The van der Waals surface area contributed by atoms with Crippen LogP contribution >= 0.6 is 11.3 Å². The van der Waals surface area contributed by atoms with Crippen molar-refractivity contribution in [3.63, 3.8) is 0 Å². The largest absolute Gasteiger partial charge is 0.375 e. The first-order valence-corrected chi connectivity index (χ1v) is 8.54. The molecule has 0 unspecified atom stereocenters. The molecular formula is C17H21N3O3S. The lowest BCUT2D eigenvalue weighted by Crippen LogP contribution is -2.48. The average molecular weight is 347 g/mol. The fourth-order valence-corrected chi connectivity index (χ4v) is 3.16. The molecule has 1 aromatic heterocycles. The Labute approximate surface area is 145 Å². The summed E-state index contributed by atoms with van der Waals surface area (Å²) in [5.41, 5.74) is 1.12. The van der Waals surface area contributed by atoms with Crippen LogP contribution in [-0.2, 0) is 20.5 Å². The first kappa shape index (κ1) is 17.0. The highest BCUT2D eigenvalue weighted by Crippen LogP contribution is 2.33. The van der Waals surface area contributed by atoms with Gasteiger partial charge < -0.3 is 9.47 Å². The molecule has 3 rings (SSSR count). The lowest BCUT2D eigenvalue weighted by Gasteiger charge is -2.40. The molecule has 0 aliphatic carbocycles. The van der Waals surface area contributed by atoms with Gasteiger partial charge in [-0.15, -0.1) is 10.2 Å². The lowest BCUT2D eigenvalue weighted by molar-refractivity contribution is -0.202. The number of anilines is 1. The maximum Gasteiger partial charge on any atom is 0.257 e. The van der Waals surface area contributed by atoms with Gasteiger partial charge in [-0.1, -0.05) is 44.2 Å². The number of hydrogen-bond donors (Lipinski definition) is 1. The van der Waals surface area contributed by atoms with Crippen molar-refractivity contribution >= 4 is 22.4 Å². The Morgan fingerprint density at radius 1 is 1.25 bits per heavy atom. The van der Waals surface area contributed by atoms with Crippen LogP contribution in [0.15, 0.2) is 24.3 Å². The summed E-state index contributed by atoms with van der Waals surface area (Å²) in [5.74, 6) is -0.200. The fourth-order valence-electron chi connectivity index (χ4n) is 2.36. The van der Waals surface area contributed by atoms with Gasteiger partial charge in [0.05, 0.1) is 13.2 Å². The van der Waals surface area contributed by atoms with Gasteiger partial charge in [-0.25, -0.2) is 0 Å². The summed E-state index contributed by atoms with van der Waals surface area (Å²) >= 11 is 1.40. The van der Waals surface area contributed by atoms with E-state index in [4.69, 9.17) is 9.47 Å². The molecule has 0 radical (unpaired) electrons. The van der Waals surface area contributed by atoms with Crippen molar-refractivity contribution in [2.75, 3.05) is 25.6 Å². The summed E-state index contributed by atoms with van der Waals surface area (Å²) in [5, 5.41) is 12.4. The van der Waals surface area contributed by atoms with Gasteiger partial charge in [-0.05, 0) is 17.7 Å². The van der Waals surface area contributed by atoms with Gasteiger partial charge in [-0.2, -0.15) is 0 Å². The highest BCUT2D eigenvalue weighted by molar-refractivity contribution is 7.15. The van der Waals surface area contributed by atoms with Crippen molar-refractivity contribution in [1.29, 1.82) is 0 Å². The van der Waals surface area contributed by atoms with E-state index in [9.17, 15) is 4.79 Å². The fraction of sp³-hybridized carbons (Fsp3) is 0.471. The monoisotopic (exact) mass is 347 g/mol. The summed E-state index contributed by atoms with van der Waals surface area (Å²) in [4.78, 5) is 12.4. The molecule has 128 valence electrons. The van der Waals surface area contributed by atoms with Gasteiger partial charge in [0.15, 0.2) is 0 Å². The molecule has 7 heteroatoms. The minimum Gasteiger partial charge on any atom is -0.375 e. The minimum absolute atomic E-state index is 0.0817. The summed E-state index contributed by atoms with van der Waals surface area (Å²) in [6.45, 7) is 7.26. The Balaban J connectivity index is 1.70. The van der Waals surface area contributed by atoms with Crippen LogP contribution in [0.4, 0.5) is 5.13 Å². The van der Waals surface area contributed by atoms with Crippen molar-refractivity contribution in [3.05, 3.63) is 40.4 Å². The smallest absolute Gasteiger partial charge is 0.257 e. The highest BCUT2D eigenvalue weighted by atomic mass is 32.1. The first-order chi connectivity index (χ1) is 11.3. The van der Waals surface area contributed by atoms with E-state index in [1.165, 1.54) is 11.3 Å². The molecule has 0 spiro atoms. The number of nitrogens with one attached hydrogen (secondary N) is 1. The molecular weight excluding hydrogens is 326 g/mol. The van der Waals surface area contributed by atoms with Crippen LogP contribution < -0.4 is 5.32 Å². The Morgan fingerprint density at radius 3 is 2.38 bits per heavy atom. The van der Waals surface area contributed by atoms with Crippen LogP contribution in [0.3, 0.4) is 0 Å². The van der Waals surface area contributed by atoms with Crippen molar-refractivity contribution < 1.29 is 14.3 Å². The SMILES string of the molecule is COC1(c2ccc(C(=O)Nc3nnc(C(C)(C)C)s3)cc2)COC1. The van der Waals surface area contributed by atoms with Crippen molar-refractivity contribution in [2.45, 2.75) is 31.8 Å². The second-order valence-electron chi connectivity index (χ2n) is 6.89. The van der Waals surface area contributed by atoms with Crippen LogP contribution in [0.1, 0.15) is 41.7 Å². The van der Waals surface area contributed by atoms with E-state index >= 15 is 0 Å². The number of rotatable bonds is 4. The van der Waals surface area contributed by atoms with E-state index in [0.717, 1.165) is 10.6 Å². The van der Waals surface area contributed by atoms with E-state index in [1.807, 2.05) is 12.1 Å². The van der Waals surface area contributed by atoms with E-state index in [0.29, 0.717) is 23.9 Å². The second kappa shape index (κ2) is 6.23. The van der Waals surface area contributed by atoms with Crippen LogP contribution in [0.2, 0.25) is 0 Å². The number of carbonyl (C=O) groups excluding carboxylic acids is 1. The van der Waals surface area contributed by atoms with E-state index in [1.54, 1.807) is 19.2 Å². The normalized spacial score (nSPS) is 16.5. The summed E-state index contributed by atoms with van der Waals surface area (Å²) < 4.78 is 10.8.